The molecule has 1 atom stereocenters. The van der Waals surface area contributed by atoms with Crippen LogP contribution in [0.2, 0.25) is 5.02 Å². The second-order valence-corrected chi connectivity index (χ2v) is 5.63. The van der Waals surface area contributed by atoms with Gasteiger partial charge in [0.2, 0.25) is 0 Å². The summed E-state index contributed by atoms with van der Waals surface area (Å²) in [5, 5.41) is 3.51. The van der Waals surface area contributed by atoms with Gasteiger partial charge in [0, 0.05) is 30.8 Å². The number of methoxy groups -OCH3 is 1. The SMILES string of the molecule is COC(CNC(=O)c1cnc2n1CCOC2)c1ccccc1Cl. The van der Waals surface area contributed by atoms with Gasteiger partial charge < -0.3 is 19.4 Å². The van der Waals surface area contributed by atoms with Gasteiger partial charge in [-0.05, 0) is 6.07 Å². The number of hydrogen-bond donors (Lipinski definition) is 1. The molecule has 23 heavy (non-hydrogen) atoms. The molecule has 0 saturated heterocycles. The maximum atomic E-state index is 12.4. The molecular weight excluding hydrogens is 318 g/mol. The first-order valence-electron chi connectivity index (χ1n) is 7.38. The maximum absolute atomic E-state index is 12.4. The minimum Gasteiger partial charge on any atom is -0.375 e. The van der Waals surface area contributed by atoms with Crippen LogP contribution in [0.4, 0.5) is 0 Å². The van der Waals surface area contributed by atoms with Gasteiger partial charge in [-0.3, -0.25) is 4.79 Å². The highest BCUT2D eigenvalue weighted by Gasteiger charge is 2.21. The summed E-state index contributed by atoms with van der Waals surface area (Å²) in [4.78, 5) is 16.6. The average molecular weight is 336 g/mol. The van der Waals surface area contributed by atoms with E-state index in [9.17, 15) is 4.79 Å². The van der Waals surface area contributed by atoms with Crippen molar-refractivity contribution in [3.63, 3.8) is 0 Å². The number of aromatic nitrogens is 2. The highest BCUT2D eigenvalue weighted by molar-refractivity contribution is 6.31. The van der Waals surface area contributed by atoms with Gasteiger partial charge in [0.15, 0.2) is 0 Å². The topological polar surface area (TPSA) is 65.4 Å². The first kappa shape index (κ1) is 16.0. The summed E-state index contributed by atoms with van der Waals surface area (Å²) in [5.41, 5.74) is 1.39. The number of hydrogen-bond acceptors (Lipinski definition) is 4. The number of nitrogens with one attached hydrogen (secondary N) is 1. The summed E-state index contributed by atoms with van der Waals surface area (Å²) in [6.45, 7) is 1.99. The van der Waals surface area contributed by atoms with E-state index < -0.39 is 0 Å². The predicted octanol–water partition coefficient (Wildman–Crippen LogP) is 2.18. The maximum Gasteiger partial charge on any atom is 0.269 e. The van der Waals surface area contributed by atoms with Crippen molar-refractivity contribution < 1.29 is 14.3 Å². The van der Waals surface area contributed by atoms with Gasteiger partial charge in [-0.2, -0.15) is 0 Å². The van der Waals surface area contributed by atoms with Crippen molar-refractivity contribution in [2.45, 2.75) is 19.3 Å². The largest absolute Gasteiger partial charge is 0.375 e. The van der Waals surface area contributed by atoms with Crippen LogP contribution < -0.4 is 5.32 Å². The molecule has 3 rings (SSSR count). The third-order valence-corrected chi connectivity index (χ3v) is 4.19. The lowest BCUT2D eigenvalue weighted by Crippen LogP contribution is -2.32. The Morgan fingerprint density at radius 2 is 2.35 bits per heavy atom. The van der Waals surface area contributed by atoms with Gasteiger partial charge >= 0.3 is 0 Å². The minimum atomic E-state index is -0.306. The normalized spacial score (nSPS) is 15.0. The molecule has 0 fully saturated rings. The number of rotatable bonds is 5. The van der Waals surface area contributed by atoms with Gasteiger partial charge in [0.25, 0.3) is 5.91 Å². The minimum absolute atomic E-state index is 0.181. The number of ether oxygens (including phenoxy) is 2. The Morgan fingerprint density at radius 1 is 1.52 bits per heavy atom. The first-order chi connectivity index (χ1) is 11.2. The van der Waals surface area contributed by atoms with Crippen LogP contribution in [-0.4, -0.2) is 35.7 Å². The Hall–Kier alpha value is -1.89. The van der Waals surface area contributed by atoms with E-state index in [1.165, 1.54) is 0 Å². The standard InChI is InChI=1S/C16H18ClN3O3/c1-22-14(11-4-2-3-5-12(11)17)9-19-16(21)13-8-18-15-10-23-7-6-20(13)15/h2-5,8,14H,6-7,9-10H2,1H3,(H,19,21). The zero-order chi connectivity index (χ0) is 16.2. The summed E-state index contributed by atoms with van der Waals surface area (Å²) in [6, 6.07) is 7.44. The Labute approximate surface area is 139 Å². The molecule has 2 heterocycles. The van der Waals surface area contributed by atoms with Crippen LogP contribution in [0, 0.1) is 0 Å². The average Bonchev–Trinajstić information content (AvgIpc) is 3.01. The molecule has 1 N–H and O–H groups in total. The van der Waals surface area contributed by atoms with E-state index in [0.29, 0.717) is 37.0 Å². The molecule has 2 aromatic rings. The molecule has 1 aromatic carbocycles. The summed E-state index contributed by atoms with van der Waals surface area (Å²) in [6.07, 6.45) is 1.27. The van der Waals surface area contributed by atoms with Gasteiger partial charge in [-0.25, -0.2) is 4.98 Å². The number of imidazole rings is 1. The van der Waals surface area contributed by atoms with Crippen LogP contribution in [0.25, 0.3) is 0 Å². The van der Waals surface area contributed by atoms with Crippen molar-refractivity contribution in [1.82, 2.24) is 14.9 Å². The lowest BCUT2D eigenvalue weighted by molar-refractivity contribution is 0.0749. The lowest BCUT2D eigenvalue weighted by Gasteiger charge is -2.19. The van der Waals surface area contributed by atoms with Gasteiger partial charge in [-0.15, -0.1) is 0 Å². The zero-order valence-electron chi connectivity index (χ0n) is 12.8. The third-order valence-electron chi connectivity index (χ3n) is 3.85. The molecule has 122 valence electrons. The van der Waals surface area contributed by atoms with E-state index in [4.69, 9.17) is 21.1 Å². The molecular formula is C16H18ClN3O3. The van der Waals surface area contributed by atoms with Crippen molar-refractivity contribution in [2.24, 2.45) is 0 Å². The molecule has 1 aliphatic heterocycles. The van der Waals surface area contributed by atoms with E-state index >= 15 is 0 Å². The second-order valence-electron chi connectivity index (χ2n) is 5.22. The Kier molecular flexibility index (Phi) is 4.95. The van der Waals surface area contributed by atoms with Crippen molar-refractivity contribution in [3.8, 4) is 0 Å². The molecule has 0 saturated carbocycles. The molecule has 0 aliphatic carbocycles. The number of fused-ring (bicyclic) bond motifs is 1. The Balaban J connectivity index is 1.68. The van der Waals surface area contributed by atoms with Crippen LogP contribution in [-0.2, 0) is 22.6 Å². The molecule has 1 aromatic heterocycles. The van der Waals surface area contributed by atoms with E-state index in [-0.39, 0.29) is 12.0 Å². The fourth-order valence-electron chi connectivity index (χ4n) is 2.61. The number of nitrogens with zero attached hydrogens (tertiary/aromatic N) is 2. The summed E-state index contributed by atoms with van der Waals surface area (Å²) in [5.74, 6) is 0.593. The predicted molar refractivity (Wildman–Crippen MR) is 85.4 cm³/mol. The summed E-state index contributed by atoms with van der Waals surface area (Å²) >= 11 is 6.19. The van der Waals surface area contributed by atoms with Crippen molar-refractivity contribution in [3.05, 3.63) is 52.6 Å². The van der Waals surface area contributed by atoms with E-state index in [2.05, 4.69) is 10.3 Å². The number of halogens is 1. The first-order valence-corrected chi connectivity index (χ1v) is 7.76. The van der Waals surface area contributed by atoms with Gasteiger partial charge in [-0.1, -0.05) is 29.8 Å². The molecule has 1 unspecified atom stereocenters. The van der Waals surface area contributed by atoms with Crippen LogP contribution in [0.15, 0.2) is 30.5 Å². The van der Waals surface area contributed by atoms with Gasteiger partial charge in [0.1, 0.15) is 24.2 Å². The molecule has 0 bridgehead atoms. The molecule has 1 aliphatic rings. The summed E-state index contributed by atoms with van der Waals surface area (Å²) < 4.78 is 12.7. The fourth-order valence-corrected chi connectivity index (χ4v) is 2.87. The van der Waals surface area contributed by atoms with Gasteiger partial charge in [0.05, 0.1) is 12.8 Å². The van der Waals surface area contributed by atoms with Crippen molar-refractivity contribution >= 4 is 17.5 Å². The van der Waals surface area contributed by atoms with E-state index in [1.54, 1.807) is 19.4 Å². The van der Waals surface area contributed by atoms with Crippen LogP contribution in [0.1, 0.15) is 28.0 Å². The monoisotopic (exact) mass is 335 g/mol. The third kappa shape index (κ3) is 3.39. The van der Waals surface area contributed by atoms with E-state index in [1.807, 2.05) is 22.8 Å². The second kappa shape index (κ2) is 7.12. The molecule has 7 heteroatoms. The molecule has 0 spiro atoms. The van der Waals surface area contributed by atoms with Crippen LogP contribution in [0.3, 0.4) is 0 Å². The van der Waals surface area contributed by atoms with Crippen molar-refractivity contribution in [2.75, 3.05) is 20.3 Å². The zero-order valence-corrected chi connectivity index (χ0v) is 13.5. The molecule has 1 amide bonds. The highest BCUT2D eigenvalue weighted by Crippen LogP contribution is 2.24. The van der Waals surface area contributed by atoms with Crippen LogP contribution in [0.5, 0.6) is 0 Å². The lowest BCUT2D eigenvalue weighted by atomic mass is 10.1. The highest BCUT2D eigenvalue weighted by atomic mass is 35.5. The molecule has 0 radical (unpaired) electrons. The number of amides is 1. The number of benzene rings is 1. The van der Waals surface area contributed by atoms with Crippen molar-refractivity contribution in [1.29, 1.82) is 0 Å². The summed E-state index contributed by atoms with van der Waals surface area (Å²) in [7, 11) is 1.60. The smallest absolute Gasteiger partial charge is 0.269 e. The molecule has 6 nitrogen and oxygen atoms in total. The Morgan fingerprint density at radius 3 is 3.13 bits per heavy atom. The quantitative estimate of drug-likeness (QED) is 0.909. The number of carbonyl (C=O) groups excluding carboxylic acids is 1. The Bertz CT molecular complexity index is 702. The van der Waals surface area contributed by atoms with Crippen LogP contribution >= 0.6 is 11.6 Å². The van der Waals surface area contributed by atoms with E-state index in [0.717, 1.165) is 11.4 Å². The fraction of sp³-hybridized carbons (Fsp3) is 0.375. The number of carbonyl (C=O) groups is 1.